The SMILES string of the molecule is CCOc1cncc(-c2cc3c4c(c2)CCN4C(=O)CC3)c1.O=C1CCc2cc(-c3cncc(C(F)(F)F)c3)cc3c2N1CC3. The maximum atomic E-state index is 12.9. The van der Waals surface area contributed by atoms with Gasteiger partial charge in [0.05, 0.1) is 29.7 Å². The smallest absolute Gasteiger partial charge is 0.417 e. The number of hydrogen-bond donors (Lipinski definition) is 0. The molecule has 0 unspecified atom stereocenters. The number of carbonyl (C=O) groups excluding carboxylic acids is 2. The van der Waals surface area contributed by atoms with E-state index in [1.165, 1.54) is 22.9 Å². The van der Waals surface area contributed by atoms with Gasteiger partial charge in [0, 0.05) is 55.6 Å². The molecule has 10 heteroatoms. The van der Waals surface area contributed by atoms with Crippen molar-refractivity contribution in [3.8, 4) is 28.0 Å². The standard InChI is InChI=1S/C18H18N2O2.C17H13F3N2O/c1-2-22-16-9-15(10-19-11-16)14-7-12-3-4-17(21)20-6-5-13(8-14)18(12)20;18-17(19,20)14-7-13(8-21-9-14)12-5-10-1-2-15(23)22-4-3-11(6-12)16(10)22/h7-11H,2-6H2,1H3;5-9H,1-4H2. The molecule has 0 bridgehead atoms. The van der Waals surface area contributed by atoms with E-state index >= 15 is 0 Å². The largest absolute Gasteiger partial charge is 0.492 e. The number of rotatable bonds is 4. The van der Waals surface area contributed by atoms with Crippen molar-refractivity contribution in [3.05, 3.63) is 89.0 Å². The highest BCUT2D eigenvalue weighted by atomic mass is 19.4. The predicted molar refractivity (Wildman–Crippen MR) is 164 cm³/mol. The lowest BCUT2D eigenvalue weighted by Gasteiger charge is -2.25. The summed E-state index contributed by atoms with van der Waals surface area (Å²) in [6, 6.07) is 11.3. The van der Waals surface area contributed by atoms with Gasteiger partial charge >= 0.3 is 6.18 Å². The first-order chi connectivity index (χ1) is 21.7. The van der Waals surface area contributed by atoms with Crippen LogP contribution in [-0.2, 0) is 41.4 Å². The molecule has 0 atom stereocenters. The molecule has 2 aromatic heterocycles. The zero-order chi connectivity index (χ0) is 31.3. The number of carbonyl (C=O) groups is 2. The van der Waals surface area contributed by atoms with Crippen molar-refractivity contribution in [1.82, 2.24) is 9.97 Å². The molecule has 0 fully saturated rings. The van der Waals surface area contributed by atoms with Crippen LogP contribution in [0.5, 0.6) is 5.75 Å². The third kappa shape index (κ3) is 5.43. The van der Waals surface area contributed by atoms with Crippen LogP contribution in [0.15, 0.2) is 61.2 Å². The average Bonchev–Trinajstić information content (AvgIpc) is 3.68. The van der Waals surface area contributed by atoms with Gasteiger partial charge in [-0.05, 0) is 102 Å². The number of ether oxygens (including phenoxy) is 1. The summed E-state index contributed by atoms with van der Waals surface area (Å²) in [4.78, 5) is 35.7. The Hall–Kier alpha value is -4.73. The van der Waals surface area contributed by atoms with E-state index < -0.39 is 11.7 Å². The highest BCUT2D eigenvalue weighted by Crippen LogP contribution is 2.41. The zero-order valence-electron chi connectivity index (χ0n) is 24.8. The molecule has 2 amide bonds. The summed E-state index contributed by atoms with van der Waals surface area (Å²) in [6.45, 7) is 4.09. The van der Waals surface area contributed by atoms with Gasteiger partial charge in [0.1, 0.15) is 5.75 Å². The second kappa shape index (κ2) is 11.3. The molecule has 4 aromatic rings. The third-order valence-electron chi connectivity index (χ3n) is 8.86. The molecule has 0 saturated heterocycles. The van der Waals surface area contributed by atoms with Gasteiger partial charge in [-0.3, -0.25) is 19.6 Å². The lowest BCUT2D eigenvalue weighted by atomic mass is 9.94. The number of amides is 2. The first-order valence-electron chi connectivity index (χ1n) is 15.2. The lowest BCUT2D eigenvalue weighted by Crippen LogP contribution is -2.32. The molecule has 7 nitrogen and oxygen atoms in total. The molecule has 230 valence electrons. The Kier molecular flexibility index (Phi) is 7.30. The molecule has 6 heterocycles. The van der Waals surface area contributed by atoms with Crippen molar-refractivity contribution in [3.63, 3.8) is 0 Å². The zero-order valence-corrected chi connectivity index (χ0v) is 24.8. The second-order valence-corrected chi connectivity index (χ2v) is 11.7. The summed E-state index contributed by atoms with van der Waals surface area (Å²) in [5.41, 5.74) is 9.42. The van der Waals surface area contributed by atoms with E-state index in [-0.39, 0.29) is 11.8 Å². The normalized spacial score (nSPS) is 16.3. The summed E-state index contributed by atoms with van der Waals surface area (Å²) in [5, 5.41) is 0. The first kappa shape index (κ1) is 29.0. The number of halogens is 3. The molecule has 2 aromatic carbocycles. The van der Waals surface area contributed by atoms with E-state index in [2.05, 4.69) is 22.1 Å². The van der Waals surface area contributed by atoms with Gasteiger partial charge in [-0.2, -0.15) is 13.2 Å². The minimum absolute atomic E-state index is 0.129. The summed E-state index contributed by atoms with van der Waals surface area (Å²) in [7, 11) is 0. The van der Waals surface area contributed by atoms with Gasteiger partial charge < -0.3 is 14.5 Å². The molecule has 0 N–H and O–H groups in total. The van der Waals surface area contributed by atoms with E-state index in [0.717, 1.165) is 77.4 Å². The van der Waals surface area contributed by atoms with Gasteiger partial charge in [0.2, 0.25) is 11.8 Å². The Morgan fingerprint density at radius 1 is 0.644 bits per heavy atom. The molecular weight excluding hydrogens is 581 g/mol. The summed E-state index contributed by atoms with van der Waals surface area (Å²) in [5.74, 6) is 1.19. The Balaban J connectivity index is 0.000000145. The number of nitrogens with zero attached hydrogens (tertiary/aromatic N) is 4. The molecule has 45 heavy (non-hydrogen) atoms. The molecule has 0 spiro atoms. The van der Waals surface area contributed by atoms with Crippen LogP contribution >= 0.6 is 0 Å². The number of hydrogen-bond acceptors (Lipinski definition) is 5. The van der Waals surface area contributed by atoms with E-state index in [1.807, 2.05) is 36.2 Å². The number of aromatic nitrogens is 2. The van der Waals surface area contributed by atoms with Crippen LogP contribution in [0.3, 0.4) is 0 Å². The molecule has 0 aliphatic carbocycles. The number of pyridine rings is 2. The Morgan fingerprint density at radius 2 is 1.13 bits per heavy atom. The maximum absolute atomic E-state index is 12.9. The minimum atomic E-state index is -4.41. The van der Waals surface area contributed by atoms with Crippen molar-refractivity contribution in [2.45, 2.75) is 51.6 Å². The molecule has 0 saturated carbocycles. The highest BCUT2D eigenvalue weighted by Gasteiger charge is 2.34. The number of anilines is 2. The number of benzene rings is 2. The monoisotopic (exact) mass is 612 g/mol. The fourth-order valence-corrected chi connectivity index (χ4v) is 6.82. The molecule has 0 radical (unpaired) electrons. The van der Waals surface area contributed by atoms with Gasteiger partial charge in [-0.1, -0.05) is 0 Å². The lowest BCUT2D eigenvalue weighted by molar-refractivity contribution is -0.137. The predicted octanol–water partition coefficient (Wildman–Crippen LogP) is 6.59. The third-order valence-corrected chi connectivity index (χ3v) is 8.86. The van der Waals surface area contributed by atoms with Crippen LogP contribution in [0, 0.1) is 0 Å². The fourth-order valence-electron chi connectivity index (χ4n) is 6.82. The molecule has 8 rings (SSSR count). The quantitative estimate of drug-likeness (QED) is 0.260. The maximum Gasteiger partial charge on any atom is 0.417 e. The van der Waals surface area contributed by atoms with Gasteiger partial charge in [-0.25, -0.2) is 0 Å². The van der Waals surface area contributed by atoms with E-state index in [4.69, 9.17) is 4.74 Å². The van der Waals surface area contributed by atoms with Crippen LogP contribution in [-0.4, -0.2) is 41.5 Å². The van der Waals surface area contributed by atoms with E-state index in [9.17, 15) is 22.8 Å². The van der Waals surface area contributed by atoms with Crippen LogP contribution < -0.4 is 14.5 Å². The Labute approximate surface area is 258 Å². The highest BCUT2D eigenvalue weighted by molar-refractivity contribution is 6.00. The molecule has 4 aliphatic heterocycles. The fraction of sp³-hybridized carbons (Fsp3) is 0.314. The summed E-state index contributed by atoms with van der Waals surface area (Å²) >= 11 is 0. The Morgan fingerprint density at radius 3 is 1.64 bits per heavy atom. The van der Waals surface area contributed by atoms with Crippen molar-refractivity contribution in [1.29, 1.82) is 0 Å². The van der Waals surface area contributed by atoms with Gasteiger partial charge in [0.25, 0.3) is 0 Å². The topological polar surface area (TPSA) is 75.6 Å². The minimum Gasteiger partial charge on any atom is -0.492 e. The number of alkyl halides is 3. The van der Waals surface area contributed by atoms with Crippen LogP contribution in [0.4, 0.5) is 24.5 Å². The first-order valence-corrected chi connectivity index (χ1v) is 15.2. The van der Waals surface area contributed by atoms with E-state index in [0.29, 0.717) is 38.0 Å². The van der Waals surface area contributed by atoms with Gasteiger partial charge in [-0.15, -0.1) is 0 Å². The van der Waals surface area contributed by atoms with Crippen LogP contribution in [0.25, 0.3) is 22.3 Å². The van der Waals surface area contributed by atoms with Gasteiger partial charge in [0.15, 0.2) is 0 Å². The summed E-state index contributed by atoms with van der Waals surface area (Å²) < 4.78 is 44.1. The number of aryl methyl sites for hydroxylation is 2. The van der Waals surface area contributed by atoms with Crippen LogP contribution in [0.1, 0.15) is 47.6 Å². The van der Waals surface area contributed by atoms with Crippen molar-refractivity contribution in [2.24, 2.45) is 0 Å². The second-order valence-electron chi connectivity index (χ2n) is 11.7. The van der Waals surface area contributed by atoms with Crippen LogP contribution in [0.2, 0.25) is 0 Å². The van der Waals surface area contributed by atoms with Crippen molar-refractivity contribution in [2.75, 3.05) is 29.5 Å². The molecular formula is C35H31F3N4O3. The van der Waals surface area contributed by atoms with Crippen molar-refractivity contribution >= 4 is 23.2 Å². The average molecular weight is 613 g/mol. The van der Waals surface area contributed by atoms with Crippen molar-refractivity contribution < 1.29 is 27.5 Å². The summed E-state index contributed by atoms with van der Waals surface area (Å²) in [6.07, 6.45) is 5.73. The molecule has 4 aliphatic rings. The Bertz CT molecular complexity index is 1840. The van der Waals surface area contributed by atoms with E-state index in [1.54, 1.807) is 11.1 Å².